The van der Waals surface area contributed by atoms with Crippen LogP contribution < -0.4 is 17.1 Å². The van der Waals surface area contributed by atoms with Crippen LogP contribution in [0.15, 0.2) is 59.2 Å². The normalized spacial score (nSPS) is 14.9. The molecule has 0 amide bonds. The van der Waals surface area contributed by atoms with E-state index in [-0.39, 0.29) is 40.9 Å². The van der Waals surface area contributed by atoms with Crippen molar-refractivity contribution in [2.45, 2.75) is 57.7 Å². The summed E-state index contributed by atoms with van der Waals surface area (Å²) in [7, 11) is 0. The predicted molar refractivity (Wildman–Crippen MR) is 160 cm³/mol. The summed E-state index contributed by atoms with van der Waals surface area (Å²) in [6.45, 7) is 0.934. The van der Waals surface area contributed by atoms with Crippen molar-refractivity contribution in [3.05, 3.63) is 98.6 Å². The van der Waals surface area contributed by atoms with Crippen LogP contribution in [0.25, 0.3) is 5.70 Å². The lowest BCUT2D eigenvalue weighted by Crippen LogP contribution is -2.32. The maximum Gasteiger partial charge on any atom is 0.418 e. The molecule has 0 saturated heterocycles. The summed E-state index contributed by atoms with van der Waals surface area (Å²) < 4.78 is 54.9. The van der Waals surface area contributed by atoms with Crippen molar-refractivity contribution in [2.24, 2.45) is 11.6 Å². The molecule has 0 aliphatic heterocycles. The molecule has 41 heavy (non-hydrogen) atoms. The zero-order chi connectivity index (χ0) is 30.2. The number of aliphatic hydroxyl groups is 1. The monoisotopic (exact) mass is 706 g/mol. The molecule has 0 spiro atoms. The van der Waals surface area contributed by atoms with Crippen LogP contribution in [0.3, 0.4) is 0 Å². The van der Waals surface area contributed by atoms with Crippen molar-refractivity contribution in [3.8, 4) is 0 Å². The highest BCUT2D eigenvalue weighted by atomic mass is 127. The molecule has 3 aromatic rings. The first-order chi connectivity index (χ1) is 19.5. The zero-order valence-electron chi connectivity index (χ0n) is 22.3. The molecule has 2 heterocycles. The first-order valence-electron chi connectivity index (χ1n) is 12.8. The number of rotatable bonds is 7. The van der Waals surface area contributed by atoms with Gasteiger partial charge in [-0.1, -0.05) is 31.4 Å². The third-order valence-electron chi connectivity index (χ3n) is 6.64. The molecule has 1 fully saturated rings. The number of hydrogen-bond donors (Lipinski definition) is 3. The van der Waals surface area contributed by atoms with E-state index in [0.29, 0.717) is 5.56 Å². The van der Waals surface area contributed by atoms with Crippen LogP contribution >= 0.6 is 28.4 Å². The van der Waals surface area contributed by atoms with Crippen molar-refractivity contribution in [1.82, 2.24) is 19.5 Å². The summed E-state index contributed by atoms with van der Waals surface area (Å²) in [5.41, 5.74) is 6.41. The summed E-state index contributed by atoms with van der Waals surface area (Å²) in [5, 5.41) is 14.0. The van der Waals surface area contributed by atoms with Crippen molar-refractivity contribution in [2.75, 3.05) is 6.61 Å². The van der Waals surface area contributed by atoms with E-state index >= 15 is 0 Å². The number of alkyl halides is 3. The highest BCUT2D eigenvalue weighted by molar-refractivity contribution is 14.2. The molecule has 222 valence electrons. The van der Waals surface area contributed by atoms with Crippen LogP contribution in [-0.4, -0.2) is 31.3 Å². The molecular formula is C27H32F4IN6O2P. The standard InChI is InChI=1S/C20H25F3IN6O2P.C7H7F/c21-20(22,23)14-7-4-8-27-16(14)10-29-19(32)13(12-5-2-1-3-6-12)9-15(28-29)18(25)17(11-31)30(26)33-24;1-6-3-2-4-7(8)5-6/h4,7-9,12,31,33H,1-3,5-6,10-11,25-26H2;2-5H,1H3/b18-17-;. The van der Waals surface area contributed by atoms with Gasteiger partial charge in [-0.25, -0.2) is 14.9 Å². The number of benzene rings is 1. The van der Waals surface area contributed by atoms with E-state index in [4.69, 9.17) is 11.6 Å². The van der Waals surface area contributed by atoms with Gasteiger partial charge >= 0.3 is 6.18 Å². The van der Waals surface area contributed by atoms with Gasteiger partial charge in [0.25, 0.3) is 5.56 Å². The van der Waals surface area contributed by atoms with Gasteiger partial charge in [-0.15, -0.1) is 0 Å². The van der Waals surface area contributed by atoms with E-state index in [9.17, 15) is 27.5 Å². The van der Waals surface area contributed by atoms with Crippen molar-refractivity contribution < 1.29 is 22.7 Å². The number of nitrogens with zero attached hydrogens (tertiary/aromatic N) is 4. The Labute approximate surface area is 250 Å². The highest BCUT2D eigenvalue weighted by Crippen LogP contribution is 2.34. The molecular weight excluding hydrogens is 674 g/mol. The van der Waals surface area contributed by atoms with E-state index in [1.807, 2.05) is 35.0 Å². The summed E-state index contributed by atoms with van der Waals surface area (Å²) >= 11 is 2.02. The van der Waals surface area contributed by atoms with Crippen molar-refractivity contribution in [3.63, 3.8) is 0 Å². The SMILES string of the molecule is Cc1cccc(F)c1.N/C(=C(/CO)N(N)PI)c1cc(C2CCCCC2)c(=O)n(Cc2ncccc2C(F)(F)F)n1. The fourth-order valence-electron chi connectivity index (χ4n) is 4.57. The second kappa shape index (κ2) is 15.0. The zero-order valence-corrected chi connectivity index (χ0v) is 25.5. The van der Waals surface area contributed by atoms with Gasteiger partial charge in [-0.3, -0.25) is 14.6 Å². The fraction of sp³-hybridized carbons (Fsp3) is 0.370. The third-order valence-corrected chi connectivity index (χ3v) is 8.65. The summed E-state index contributed by atoms with van der Waals surface area (Å²) in [6, 6.07) is 10.2. The van der Waals surface area contributed by atoms with Gasteiger partial charge in [0.15, 0.2) is 0 Å². The minimum atomic E-state index is -4.62. The first-order valence-corrected chi connectivity index (χ1v) is 16.9. The Morgan fingerprint density at radius 1 is 1.20 bits per heavy atom. The van der Waals surface area contributed by atoms with Gasteiger partial charge < -0.3 is 10.8 Å². The molecule has 0 radical (unpaired) electrons. The molecule has 1 aliphatic carbocycles. The maximum atomic E-state index is 13.5. The molecule has 1 saturated carbocycles. The van der Waals surface area contributed by atoms with Crippen LogP contribution in [-0.2, 0) is 12.7 Å². The number of nitrogens with two attached hydrogens (primary N) is 2. The highest BCUT2D eigenvalue weighted by Gasteiger charge is 2.34. The maximum absolute atomic E-state index is 13.5. The number of aromatic nitrogens is 3. The first kappa shape index (κ1) is 32.9. The molecule has 5 N–H and O–H groups in total. The van der Waals surface area contributed by atoms with Gasteiger partial charge in [0, 0.05) is 11.8 Å². The Morgan fingerprint density at radius 2 is 1.90 bits per heavy atom. The van der Waals surface area contributed by atoms with Gasteiger partial charge in [-0.05, 0) is 83.6 Å². The van der Waals surface area contributed by atoms with Crippen LogP contribution in [0.1, 0.15) is 66.1 Å². The molecule has 1 unspecified atom stereocenters. The number of halogens is 5. The quantitative estimate of drug-likeness (QED) is 0.0958. The second-order valence-electron chi connectivity index (χ2n) is 9.55. The smallest absolute Gasteiger partial charge is 0.395 e. The summed E-state index contributed by atoms with van der Waals surface area (Å²) in [6.07, 6.45) is 1.27. The van der Waals surface area contributed by atoms with E-state index in [2.05, 4.69) is 10.1 Å². The van der Waals surface area contributed by atoms with Gasteiger partial charge in [0.1, 0.15) is 11.5 Å². The van der Waals surface area contributed by atoms with Crippen LogP contribution in [0.4, 0.5) is 17.6 Å². The van der Waals surface area contributed by atoms with Crippen LogP contribution in [0, 0.1) is 12.7 Å². The average molecular weight is 706 g/mol. The Morgan fingerprint density at radius 3 is 2.46 bits per heavy atom. The second-order valence-corrected chi connectivity index (χ2v) is 11.6. The summed E-state index contributed by atoms with van der Waals surface area (Å²) in [4.78, 5) is 17.1. The third kappa shape index (κ3) is 8.94. The molecule has 4 rings (SSSR count). The van der Waals surface area contributed by atoms with Gasteiger partial charge in [0.05, 0.1) is 42.2 Å². The molecule has 8 nitrogen and oxygen atoms in total. The lowest BCUT2D eigenvalue weighted by atomic mass is 9.84. The van der Waals surface area contributed by atoms with E-state index in [1.165, 1.54) is 29.2 Å². The van der Waals surface area contributed by atoms with Crippen molar-refractivity contribution in [1.29, 1.82) is 0 Å². The Balaban J connectivity index is 0.000000496. The Bertz CT molecular complexity index is 1400. The van der Waals surface area contributed by atoms with Crippen LogP contribution in [0.5, 0.6) is 0 Å². The molecule has 0 bridgehead atoms. The summed E-state index contributed by atoms with van der Waals surface area (Å²) in [5.74, 6) is 5.71. The fourth-order valence-corrected chi connectivity index (χ4v) is 5.73. The number of hydrogen-bond acceptors (Lipinski definition) is 7. The average Bonchev–Trinajstić information content (AvgIpc) is 2.94. The largest absolute Gasteiger partial charge is 0.418 e. The molecule has 1 aliphatic rings. The van der Waals surface area contributed by atoms with E-state index in [1.54, 1.807) is 12.1 Å². The molecule has 1 atom stereocenters. The number of pyridine rings is 1. The minimum Gasteiger partial charge on any atom is -0.395 e. The molecule has 14 heteroatoms. The topological polar surface area (TPSA) is 123 Å². The Kier molecular flexibility index (Phi) is 12.1. The molecule has 1 aromatic carbocycles. The number of hydrazine groups is 1. The van der Waals surface area contributed by atoms with E-state index in [0.717, 1.165) is 48.4 Å². The Hall–Kier alpha value is -2.61. The number of aryl methyl sites for hydroxylation is 1. The van der Waals surface area contributed by atoms with E-state index < -0.39 is 30.5 Å². The lowest BCUT2D eigenvalue weighted by molar-refractivity contribution is -0.138. The predicted octanol–water partition coefficient (Wildman–Crippen LogP) is 5.63. The molecule has 2 aromatic heterocycles. The van der Waals surface area contributed by atoms with Crippen LogP contribution in [0.2, 0.25) is 0 Å². The van der Waals surface area contributed by atoms with Gasteiger partial charge in [-0.2, -0.15) is 18.3 Å². The lowest BCUT2D eigenvalue weighted by Gasteiger charge is -2.24. The number of aliphatic hydroxyl groups excluding tert-OH is 1. The van der Waals surface area contributed by atoms with Gasteiger partial charge in [0.2, 0.25) is 0 Å². The minimum absolute atomic E-state index is 0.0455. The van der Waals surface area contributed by atoms with Crippen molar-refractivity contribution >= 4 is 34.1 Å².